The number of amides is 1. The van der Waals surface area contributed by atoms with Gasteiger partial charge in [0.1, 0.15) is 0 Å². The van der Waals surface area contributed by atoms with Gasteiger partial charge in [-0.15, -0.1) is 11.3 Å². The predicted molar refractivity (Wildman–Crippen MR) is 98.3 cm³/mol. The number of hydrogen-bond donors (Lipinski definition) is 1. The quantitative estimate of drug-likeness (QED) is 0.910. The lowest BCUT2D eigenvalue weighted by atomic mass is 10.1. The summed E-state index contributed by atoms with van der Waals surface area (Å²) in [6.45, 7) is 7.73. The molecule has 120 valence electrons. The van der Waals surface area contributed by atoms with Crippen LogP contribution in [0.5, 0.6) is 0 Å². The van der Waals surface area contributed by atoms with Gasteiger partial charge in [-0.1, -0.05) is 26.0 Å². The Labute approximate surface area is 140 Å². The first-order chi connectivity index (χ1) is 11.0. The topological polar surface area (TPSA) is 44.7 Å². The Morgan fingerprint density at radius 1 is 1.35 bits per heavy atom. The number of thiophene rings is 1. The summed E-state index contributed by atoms with van der Waals surface area (Å²) in [7, 11) is 0. The number of nitrogens with one attached hydrogen (secondary N) is 1. The molecule has 1 N–H and O–H groups in total. The average molecular weight is 327 g/mol. The monoisotopic (exact) mass is 327 g/mol. The van der Waals surface area contributed by atoms with Gasteiger partial charge in [-0.25, -0.2) is 4.99 Å². The van der Waals surface area contributed by atoms with Gasteiger partial charge in [-0.3, -0.25) is 4.79 Å². The highest BCUT2D eigenvalue weighted by Crippen LogP contribution is 2.35. The van der Waals surface area contributed by atoms with Crippen molar-refractivity contribution in [3.8, 4) is 0 Å². The van der Waals surface area contributed by atoms with Crippen molar-refractivity contribution in [2.24, 2.45) is 10.9 Å². The van der Waals surface area contributed by atoms with E-state index in [0.29, 0.717) is 5.92 Å². The van der Waals surface area contributed by atoms with Gasteiger partial charge in [0, 0.05) is 13.5 Å². The lowest BCUT2D eigenvalue weighted by Crippen LogP contribution is -2.35. The minimum Gasteiger partial charge on any atom is -0.364 e. The Bertz CT molecular complexity index is 748. The highest BCUT2D eigenvalue weighted by Gasteiger charge is 2.23. The van der Waals surface area contributed by atoms with Crippen molar-refractivity contribution in [3.05, 3.63) is 40.6 Å². The molecule has 4 nitrogen and oxygen atoms in total. The number of benzene rings is 1. The van der Waals surface area contributed by atoms with Crippen molar-refractivity contribution in [2.75, 3.05) is 23.3 Å². The molecule has 0 fully saturated rings. The molecule has 5 heteroatoms. The molecule has 0 bridgehead atoms. The molecule has 1 amide bonds. The second-order valence-electron chi connectivity index (χ2n) is 6.17. The van der Waals surface area contributed by atoms with E-state index >= 15 is 0 Å². The molecule has 0 radical (unpaired) electrons. The molecule has 0 spiro atoms. The van der Waals surface area contributed by atoms with Crippen molar-refractivity contribution in [3.63, 3.8) is 0 Å². The molecule has 1 aromatic carbocycles. The van der Waals surface area contributed by atoms with Crippen LogP contribution >= 0.6 is 11.3 Å². The highest BCUT2D eigenvalue weighted by atomic mass is 32.1. The minimum absolute atomic E-state index is 0.0551. The summed E-state index contributed by atoms with van der Waals surface area (Å²) in [6.07, 6.45) is 0. The Morgan fingerprint density at radius 2 is 2.13 bits per heavy atom. The van der Waals surface area contributed by atoms with E-state index in [4.69, 9.17) is 4.99 Å². The van der Waals surface area contributed by atoms with Crippen LogP contribution in [0.25, 0.3) is 0 Å². The zero-order valence-corrected chi connectivity index (χ0v) is 14.5. The zero-order chi connectivity index (χ0) is 16.4. The summed E-state index contributed by atoms with van der Waals surface area (Å²) in [5.41, 5.74) is 4.05. The van der Waals surface area contributed by atoms with Crippen LogP contribution < -0.4 is 10.2 Å². The van der Waals surface area contributed by atoms with Crippen LogP contribution in [0.2, 0.25) is 0 Å². The predicted octanol–water partition coefficient (Wildman–Crippen LogP) is 4.30. The van der Waals surface area contributed by atoms with E-state index in [0.717, 1.165) is 35.1 Å². The van der Waals surface area contributed by atoms with Gasteiger partial charge in [0.15, 0.2) is 0 Å². The van der Waals surface area contributed by atoms with Crippen LogP contribution in [-0.4, -0.2) is 24.7 Å². The van der Waals surface area contributed by atoms with E-state index < -0.39 is 0 Å². The van der Waals surface area contributed by atoms with Crippen LogP contribution in [-0.2, 0) is 4.79 Å². The van der Waals surface area contributed by atoms with E-state index in [-0.39, 0.29) is 5.91 Å². The van der Waals surface area contributed by atoms with E-state index in [1.54, 1.807) is 11.3 Å². The maximum atomic E-state index is 11.4. The Balaban J connectivity index is 1.99. The second kappa shape index (κ2) is 6.54. The number of fused-ring (bicyclic) bond motifs is 1. The number of nitrogens with zero attached hydrogens (tertiary/aromatic N) is 2. The van der Waals surface area contributed by atoms with Gasteiger partial charge in [-0.2, -0.15) is 0 Å². The van der Waals surface area contributed by atoms with Crippen LogP contribution in [0.15, 0.2) is 40.7 Å². The number of hydrogen-bond acceptors (Lipinski definition) is 4. The molecule has 1 aliphatic heterocycles. The lowest BCUT2D eigenvalue weighted by molar-refractivity contribution is -0.114. The average Bonchev–Trinajstić information content (AvgIpc) is 2.94. The molecule has 0 saturated carbocycles. The SMILES string of the molecule is CC(=O)Nc1ccsc1C1=Nc2ccccc2N(CC(C)C)C1. The van der Waals surface area contributed by atoms with Gasteiger partial charge in [-0.05, 0) is 29.5 Å². The van der Waals surface area contributed by atoms with E-state index in [9.17, 15) is 4.79 Å². The van der Waals surface area contributed by atoms with Crippen LogP contribution in [0.1, 0.15) is 25.6 Å². The number of rotatable bonds is 4. The summed E-state index contributed by atoms with van der Waals surface area (Å²) >= 11 is 1.62. The van der Waals surface area contributed by atoms with E-state index in [1.807, 2.05) is 23.6 Å². The lowest BCUT2D eigenvalue weighted by Gasteiger charge is -2.31. The van der Waals surface area contributed by atoms with Gasteiger partial charge >= 0.3 is 0 Å². The summed E-state index contributed by atoms with van der Waals surface area (Å²) < 4.78 is 0. The third kappa shape index (κ3) is 3.45. The summed E-state index contributed by atoms with van der Waals surface area (Å²) in [5.74, 6) is 0.515. The van der Waals surface area contributed by atoms with E-state index in [1.165, 1.54) is 12.6 Å². The molecule has 1 aliphatic rings. The second-order valence-corrected chi connectivity index (χ2v) is 7.08. The zero-order valence-electron chi connectivity index (χ0n) is 13.7. The highest BCUT2D eigenvalue weighted by molar-refractivity contribution is 7.13. The summed E-state index contributed by atoms with van der Waals surface area (Å²) in [6, 6.07) is 10.2. The van der Waals surface area contributed by atoms with Crippen molar-refractivity contribution >= 4 is 40.0 Å². The van der Waals surface area contributed by atoms with Gasteiger partial charge in [0.25, 0.3) is 0 Å². The van der Waals surface area contributed by atoms with Crippen molar-refractivity contribution in [1.29, 1.82) is 0 Å². The Morgan fingerprint density at radius 3 is 2.87 bits per heavy atom. The first-order valence-electron chi connectivity index (χ1n) is 7.81. The summed E-state index contributed by atoms with van der Waals surface area (Å²) in [5, 5.41) is 4.90. The first-order valence-corrected chi connectivity index (χ1v) is 8.69. The van der Waals surface area contributed by atoms with Crippen LogP contribution in [0, 0.1) is 5.92 Å². The number of aliphatic imine (C=N–C) groups is 1. The molecule has 0 atom stereocenters. The normalized spacial score (nSPS) is 13.7. The molecule has 0 unspecified atom stereocenters. The molecule has 0 saturated heterocycles. The molecule has 0 aliphatic carbocycles. The molecule has 1 aromatic heterocycles. The molecular weight excluding hydrogens is 306 g/mol. The molecule has 2 heterocycles. The van der Waals surface area contributed by atoms with Gasteiger partial charge in [0.2, 0.25) is 5.91 Å². The first kappa shape index (κ1) is 15.7. The summed E-state index contributed by atoms with van der Waals surface area (Å²) in [4.78, 5) is 19.7. The van der Waals surface area contributed by atoms with Crippen molar-refractivity contribution in [2.45, 2.75) is 20.8 Å². The molecule has 23 heavy (non-hydrogen) atoms. The number of carbonyl (C=O) groups excluding carboxylic acids is 1. The standard InChI is InChI=1S/C18H21N3OS/c1-12(2)10-21-11-16(20-14-6-4-5-7-17(14)21)18-15(8-9-23-18)19-13(3)22/h4-9,12H,10-11H2,1-3H3,(H,19,22). The fourth-order valence-electron chi connectivity index (χ4n) is 2.82. The number of carbonyl (C=O) groups is 1. The Kier molecular flexibility index (Phi) is 4.48. The van der Waals surface area contributed by atoms with E-state index in [2.05, 4.69) is 36.2 Å². The minimum atomic E-state index is -0.0551. The van der Waals surface area contributed by atoms with Crippen LogP contribution in [0.3, 0.4) is 0 Å². The number of para-hydroxylation sites is 2. The third-order valence-electron chi connectivity index (χ3n) is 3.64. The fraction of sp³-hybridized carbons (Fsp3) is 0.333. The third-order valence-corrected chi connectivity index (χ3v) is 4.61. The van der Waals surface area contributed by atoms with Gasteiger partial charge < -0.3 is 10.2 Å². The fourth-order valence-corrected chi connectivity index (χ4v) is 3.65. The maximum Gasteiger partial charge on any atom is 0.221 e. The Hall–Kier alpha value is -2.14. The van der Waals surface area contributed by atoms with Crippen molar-refractivity contribution < 1.29 is 4.79 Å². The van der Waals surface area contributed by atoms with Crippen molar-refractivity contribution in [1.82, 2.24) is 0 Å². The molecule has 2 aromatic rings. The maximum absolute atomic E-state index is 11.4. The largest absolute Gasteiger partial charge is 0.364 e. The van der Waals surface area contributed by atoms with Gasteiger partial charge in [0.05, 0.1) is 34.2 Å². The smallest absolute Gasteiger partial charge is 0.221 e. The number of anilines is 2. The molecular formula is C18H21N3OS. The molecule has 3 rings (SSSR count). The van der Waals surface area contributed by atoms with Crippen LogP contribution in [0.4, 0.5) is 17.1 Å².